The Morgan fingerprint density at radius 2 is 1.87 bits per heavy atom. The molecule has 2 unspecified atom stereocenters. The van der Waals surface area contributed by atoms with E-state index in [-0.39, 0.29) is 0 Å². The average Bonchev–Trinajstić information content (AvgIpc) is 2.63. The lowest BCUT2D eigenvalue weighted by Crippen LogP contribution is -2.40. The Bertz CT molecular complexity index is 187. The van der Waals surface area contributed by atoms with Crippen molar-refractivity contribution in [2.45, 2.75) is 58.0 Å². The Morgan fingerprint density at radius 3 is 2.60 bits per heavy atom. The number of hydrogen-bond donors (Lipinski definition) is 1. The van der Waals surface area contributed by atoms with E-state index >= 15 is 0 Å². The summed E-state index contributed by atoms with van der Waals surface area (Å²) in [5, 5.41) is 3.59. The molecule has 0 aromatic carbocycles. The van der Waals surface area contributed by atoms with Crippen molar-refractivity contribution < 1.29 is 0 Å². The summed E-state index contributed by atoms with van der Waals surface area (Å²) in [7, 11) is 0. The van der Waals surface area contributed by atoms with E-state index in [1.54, 1.807) is 0 Å². The molecule has 2 aliphatic rings. The topological polar surface area (TPSA) is 15.3 Å². The van der Waals surface area contributed by atoms with Gasteiger partial charge in [0.25, 0.3) is 0 Å². The van der Waals surface area contributed by atoms with Crippen LogP contribution in [-0.4, -0.2) is 36.6 Å². The van der Waals surface area contributed by atoms with E-state index in [4.69, 9.17) is 0 Å². The van der Waals surface area contributed by atoms with E-state index in [0.29, 0.717) is 6.04 Å². The van der Waals surface area contributed by atoms with Crippen LogP contribution in [0, 0.1) is 5.92 Å². The molecule has 1 aliphatic heterocycles. The third-order valence-electron chi connectivity index (χ3n) is 4.15. The fourth-order valence-corrected chi connectivity index (χ4v) is 3.10. The second kappa shape index (κ2) is 5.31. The van der Waals surface area contributed by atoms with Crippen LogP contribution >= 0.6 is 0 Å². The quantitative estimate of drug-likeness (QED) is 0.752. The van der Waals surface area contributed by atoms with E-state index in [1.165, 1.54) is 51.7 Å². The van der Waals surface area contributed by atoms with Gasteiger partial charge in [0.15, 0.2) is 0 Å². The first-order chi connectivity index (χ1) is 7.25. The summed E-state index contributed by atoms with van der Waals surface area (Å²) in [6.07, 6.45) is 7.22. The molecule has 0 radical (unpaired) electrons. The van der Waals surface area contributed by atoms with E-state index < -0.39 is 0 Å². The number of rotatable bonds is 2. The molecule has 0 bridgehead atoms. The Labute approximate surface area is 94.4 Å². The van der Waals surface area contributed by atoms with Crippen LogP contribution in [0.1, 0.15) is 46.0 Å². The van der Waals surface area contributed by atoms with Crippen molar-refractivity contribution in [3.8, 4) is 0 Å². The molecule has 0 aromatic heterocycles. The molecule has 1 N–H and O–H groups in total. The molecule has 88 valence electrons. The van der Waals surface area contributed by atoms with Crippen molar-refractivity contribution in [1.29, 1.82) is 0 Å². The zero-order valence-corrected chi connectivity index (χ0v) is 10.3. The molecule has 2 atom stereocenters. The largest absolute Gasteiger partial charge is 0.313 e. The molecule has 15 heavy (non-hydrogen) atoms. The molecule has 2 nitrogen and oxygen atoms in total. The minimum Gasteiger partial charge on any atom is -0.313 e. The van der Waals surface area contributed by atoms with E-state index in [1.807, 2.05) is 0 Å². The summed E-state index contributed by atoms with van der Waals surface area (Å²) in [6.45, 7) is 8.52. The molecular weight excluding hydrogens is 184 g/mol. The molecule has 0 spiro atoms. The predicted octanol–water partition coefficient (Wildman–Crippen LogP) is 2.25. The highest BCUT2D eigenvalue weighted by atomic mass is 15.2. The van der Waals surface area contributed by atoms with Crippen LogP contribution < -0.4 is 5.32 Å². The maximum atomic E-state index is 3.59. The number of hydrogen-bond acceptors (Lipinski definition) is 2. The third kappa shape index (κ3) is 3.18. The lowest BCUT2D eigenvalue weighted by atomic mass is 10.1. The monoisotopic (exact) mass is 210 g/mol. The van der Waals surface area contributed by atoms with Crippen molar-refractivity contribution in [3.05, 3.63) is 0 Å². The van der Waals surface area contributed by atoms with Gasteiger partial charge < -0.3 is 5.32 Å². The van der Waals surface area contributed by atoms with Gasteiger partial charge in [0.1, 0.15) is 0 Å². The predicted molar refractivity (Wildman–Crippen MR) is 65.1 cm³/mol. The SMILES string of the molecule is CC1CN(CC2CCCC2)C(C)CCN1. The summed E-state index contributed by atoms with van der Waals surface area (Å²) in [6, 6.07) is 1.46. The highest BCUT2D eigenvalue weighted by Gasteiger charge is 2.24. The van der Waals surface area contributed by atoms with Crippen LogP contribution in [0.25, 0.3) is 0 Å². The van der Waals surface area contributed by atoms with Crippen LogP contribution in [0.4, 0.5) is 0 Å². The van der Waals surface area contributed by atoms with Crippen molar-refractivity contribution >= 4 is 0 Å². The zero-order valence-electron chi connectivity index (χ0n) is 10.3. The normalized spacial score (nSPS) is 35.6. The van der Waals surface area contributed by atoms with Gasteiger partial charge in [-0.2, -0.15) is 0 Å². The van der Waals surface area contributed by atoms with Gasteiger partial charge in [-0.15, -0.1) is 0 Å². The number of nitrogens with zero attached hydrogens (tertiary/aromatic N) is 1. The molecule has 2 fully saturated rings. The first kappa shape index (κ1) is 11.4. The standard InChI is InChI=1S/C13H26N2/c1-11-9-15(12(2)7-8-14-11)10-13-5-3-4-6-13/h11-14H,3-10H2,1-2H3. The van der Waals surface area contributed by atoms with Gasteiger partial charge in [0.2, 0.25) is 0 Å². The van der Waals surface area contributed by atoms with Crippen LogP contribution in [-0.2, 0) is 0 Å². The molecule has 1 saturated heterocycles. The van der Waals surface area contributed by atoms with Crippen LogP contribution in [0.3, 0.4) is 0 Å². The van der Waals surface area contributed by atoms with Gasteiger partial charge in [-0.25, -0.2) is 0 Å². The Balaban J connectivity index is 1.86. The molecule has 1 heterocycles. The highest BCUT2D eigenvalue weighted by molar-refractivity contribution is 4.81. The summed E-state index contributed by atoms with van der Waals surface area (Å²) in [5.41, 5.74) is 0. The molecule has 1 saturated carbocycles. The van der Waals surface area contributed by atoms with Crippen molar-refractivity contribution in [2.75, 3.05) is 19.6 Å². The van der Waals surface area contributed by atoms with Gasteiger partial charge >= 0.3 is 0 Å². The lowest BCUT2D eigenvalue weighted by Gasteiger charge is -2.30. The first-order valence-corrected chi connectivity index (χ1v) is 6.73. The Kier molecular flexibility index (Phi) is 4.04. The lowest BCUT2D eigenvalue weighted by molar-refractivity contribution is 0.176. The molecule has 0 aromatic rings. The van der Waals surface area contributed by atoms with Crippen molar-refractivity contribution in [1.82, 2.24) is 10.2 Å². The second-order valence-electron chi connectivity index (χ2n) is 5.60. The van der Waals surface area contributed by atoms with Gasteiger partial charge in [0.05, 0.1) is 0 Å². The summed E-state index contributed by atoms with van der Waals surface area (Å²) >= 11 is 0. The van der Waals surface area contributed by atoms with Gasteiger partial charge in [-0.1, -0.05) is 12.8 Å². The van der Waals surface area contributed by atoms with E-state index in [9.17, 15) is 0 Å². The first-order valence-electron chi connectivity index (χ1n) is 6.73. The van der Waals surface area contributed by atoms with Crippen molar-refractivity contribution in [3.63, 3.8) is 0 Å². The van der Waals surface area contributed by atoms with Gasteiger partial charge in [0, 0.05) is 25.2 Å². The summed E-state index contributed by atoms with van der Waals surface area (Å²) in [4.78, 5) is 2.72. The minimum atomic E-state index is 0.677. The van der Waals surface area contributed by atoms with E-state index in [0.717, 1.165) is 12.0 Å². The van der Waals surface area contributed by atoms with Gasteiger partial charge in [-0.3, -0.25) is 4.90 Å². The summed E-state index contributed by atoms with van der Waals surface area (Å²) < 4.78 is 0. The minimum absolute atomic E-state index is 0.677. The molecular formula is C13H26N2. The maximum Gasteiger partial charge on any atom is 0.0166 e. The molecule has 1 aliphatic carbocycles. The Hall–Kier alpha value is -0.0800. The smallest absolute Gasteiger partial charge is 0.0166 e. The van der Waals surface area contributed by atoms with Crippen molar-refractivity contribution in [2.24, 2.45) is 5.92 Å². The third-order valence-corrected chi connectivity index (χ3v) is 4.15. The molecule has 2 heteroatoms. The fraction of sp³-hybridized carbons (Fsp3) is 1.00. The van der Waals surface area contributed by atoms with E-state index in [2.05, 4.69) is 24.1 Å². The fourth-order valence-electron chi connectivity index (χ4n) is 3.10. The molecule has 2 rings (SSSR count). The van der Waals surface area contributed by atoms with Gasteiger partial charge in [-0.05, 0) is 45.6 Å². The Morgan fingerprint density at radius 1 is 1.13 bits per heavy atom. The second-order valence-corrected chi connectivity index (χ2v) is 5.60. The number of nitrogens with one attached hydrogen (secondary N) is 1. The average molecular weight is 210 g/mol. The van der Waals surface area contributed by atoms with Crippen LogP contribution in [0.15, 0.2) is 0 Å². The zero-order chi connectivity index (χ0) is 10.7. The maximum absolute atomic E-state index is 3.59. The summed E-state index contributed by atoms with van der Waals surface area (Å²) in [5.74, 6) is 0.998. The molecule has 0 amide bonds. The van der Waals surface area contributed by atoms with Crippen LogP contribution in [0.2, 0.25) is 0 Å². The highest BCUT2D eigenvalue weighted by Crippen LogP contribution is 2.26. The van der Waals surface area contributed by atoms with Crippen LogP contribution in [0.5, 0.6) is 0 Å².